The first kappa shape index (κ1) is 20.6. The Kier molecular flexibility index (Phi) is 7.52. The van der Waals surface area contributed by atoms with Crippen LogP contribution in [0, 0.1) is 0 Å². The lowest BCUT2D eigenvalue weighted by Gasteiger charge is -2.23. The molecule has 1 heterocycles. The van der Waals surface area contributed by atoms with E-state index in [9.17, 15) is 19.2 Å². The van der Waals surface area contributed by atoms with Gasteiger partial charge in [-0.25, -0.2) is 4.79 Å². The van der Waals surface area contributed by atoms with Crippen molar-refractivity contribution in [2.75, 3.05) is 13.7 Å². The molecule has 146 valence electrons. The highest BCUT2D eigenvalue weighted by Crippen LogP contribution is 2.20. The molecule has 7 nitrogen and oxygen atoms in total. The van der Waals surface area contributed by atoms with Gasteiger partial charge in [-0.1, -0.05) is 30.3 Å². The minimum atomic E-state index is -0.673. The zero-order chi connectivity index (χ0) is 19.8. The number of carbonyl (C=O) groups excluding carboxylic acids is 4. The Hall–Kier alpha value is -2.70. The Labute approximate surface area is 159 Å². The highest BCUT2D eigenvalue weighted by Gasteiger charge is 2.34. The highest BCUT2D eigenvalue weighted by molar-refractivity contribution is 5.92. The Bertz CT molecular complexity index is 689. The van der Waals surface area contributed by atoms with E-state index in [4.69, 9.17) is 4.74 Å². The molecule has 2 atom stereocenters. The molecule has 1 aromatic carbocycles. The SMILES string of the molecule is COC(=O)[C@@H]1CCCN1C(=O)CCC(=O)C(Cc1ccccc1)NC(C)=O. The Morgan fingerprint density at radius 2 is 1.89 bits per heavy atom. The molecule has 2 amide bonds. The fourth-order valence-corrected chi connectivity index (χ4v) is 3.33. The molecule has 7 heteroatoms. The summed E-state index contributed by atoms with van der Waals surface area (Å²) in [6, 6.07) is 8.16. The summed E-state index contributed by atoms with van der Waals surface area (Å²) in [5, 5.41) is 2.67. The summed E-state index contributed by atoms with van der Waals surface area (Å²) >= 11 is 0. The molecule has 0 radical (unpaired) electrons. The molecule has 0 aromatic heterocycles. The summed E-state index contributed by atoms with van der Waals surface area (Å²) in [6.45, 7) is 1.85. The predicted octanol–water partition coefficient (Wildman–Crippen LogP) is 1.25. The van der Waals surface area contributed by atoms with E-state index in [1.807, 2.05) is 30.3 Å². The predicted molar refractivity (Wildman–Crippen MR) is 98.7 cm³/mol. The highest BCUT2D eigenvalue weighted by atomic mass is 16.5. The third kappa shape index (κ3) is 5.91. The molecule has 1 N–H and O–H groups in total. The Morgan fingerprint density at radius 3 is 2.52 bits per heavy atom. The summed E-state index contributed by atoms with van der Waals surface area (Å²) in [7, 11) is 1.30. The maximum atomic E-state index is 12.6. The van der Waals surface area contributed by atoms with Gasteiger partial charge in [0.2, 0.25) is 11.8 Å². The number of hydrogen-bond donors (Lipinski definition) is 1. The lowest BCUT2D eigenvalue weighted by molar-refractivity contribution is -0.151. The molecular formula is C20H26N2O5. The number of benzene rings is 1. The van der Waals surface area contributed by atoms with Crippen molar-refractivity contribution in [1.82, 2.24) is 10.2 Å². The van der Waals surface area contributed by atoms with Gasteiger partial charge in [-0.3, -0.25) is 14.4 Å². The van der Waals surface area contributed by atoms with Crippen molar-refractivity contribution in [3.05, 3.63) is 35.9 Å². The van der Waals surface area contributed by atoms with Gasteiger partial charge in [-0.05, 0) is 24.8 Å². The van der Waals surface area contributed by atoms with Crippen molar-refractivity contribution in [2.24, 2.45) is 0 Å². The summed E-state index contributed by atoms with van der Waals surface area (Å²) in [5.74, 6) is -1.15. The third-order valence-electron chi connectivity index (χ3n) is 4.68. The second-order valence-corrected chi connectivity index (χ2v) is 6.68. The van der Waals surface area contributed by atoms with Crippen molar-refractivity contribution in [3.63, 3.8) is 0 Å². The topological polar surface area (TPSA) is 92.8 Å². The van der Waals surface area contributed by atoms with Gasteiger partial charge in [-0.15, -0.1) is 0 Å². The number of esters is 1. The number of hydrogen-bond acceptors (Lipinski definition) is 5. The van der Waals surface area contributed by atoms with Gasteiger partial charge >= 0.3 is 5.97 Å². The van der Waals surface area contributed by atoms with Crippen LogP contribution in [-0.2, 0) is 30.3 Å². The van der Waals surface area contributed by atoms with Crippen molar-refractivity contribution in [3.8, 4) is 0 Å². The van der Waals surface area contributed by atoms with Crippen LogP contribution in [-0.4, -0.2) is 54.2 Å². The minimum absolute atomic E-state index is 0.0111. The molecule has 1 aliphatic heterocycles. The number of nitrogens with one attached hydrogen (secondary N) is 1. The van der Waals surface area contributed by atoms with Crippen molar-refractivity contribution in [1.29, 1.82) is 0 Å². The van der Waals surface area contributed by atoms with Gasteiger partial charge in [0.15, 0.2) is 5.78 Å². The lowest BCUT2D eigenvalue weighted by atomic mass is 9.99. The van der Waals surface area contributed by atoms with Crippen molar-refractivity contribution < 1.29 is 23.9 Å². The number of ketones is 1. The van der Waals surface area contributed by atoms with Gasteiger partial charge in [0.25, 0.3) is 0 Å². The standard InChI is InChI=1S/C20H26N2O5/c1-14(23)21-16(13-15-7-4-3-5-8-15)18(24)10-11-19(25)22-12-6-9-17(22)20(26)27-2/h3-5,7-8,16-17H,6,9-13H2,1-2H3,(H,21,23)/t16?,17-/m0/s1. The largest absolute Gasteiger partial charge is 0.467 e. The average molecular weight is 374 g/mol. The van der Waals surface area contributed by atoms with Gasteiger partial charge in [0.05, 0.1) is 13.2 Å². The normalized spacial score (nSPS) is 17.3. The van der Waals surface area contributed by atoms with Crippen LogP contribution in [0.1, 0.15) is 38.2 Å². The van der Waals surface area contributed by atoms with E-state index in [0.717, 1.165) is 12.0 Å². The summed E-state index contributed by atoms with van der Waals surface area (Å²) < 4.78 is 4.74. The first-order valence-electron chi connectivity index (χ1n) is 9.13. The number of likely N-dealkylation sites (tertiary alicyclic amines) is 1. The van der Waals surface area contributed by atoms with E-state index in [1.165, 1.54) is 18.9 Å². The van der Waals surface area contributed by atoms with Crippen LogP contribution in [0.2, 0.25) is 0 Å². The molecule has 0 bridgehead atoms. The van der Waals surface area contributed by atoms with E-state index in [-0.39, 0.29) is 30.4 Å². The van der Waals surface area contributed by atoms with E-state index in [0.29, 0.717) is 19.4 Å². The van der Waals surface area contributed by atoms with E-state index in [2.05, 4.69) is 5.32 Å². The number of carbonyl (C=O) groups is 4. The van der Waals surface area contributed by atoms with Crippen molar-refractivity contribution >= 4 is 23.6 Å². The van der Waals surface area contributed by atoms with E-state index >= 15 is 0 Å². The van der Waals surface area contributed by atoms with Crippen LogP contribution >= 0.6 is 0 Å². The summed E-state index contributed by atoms with van der Waals surface area (Å²) in [4.78, 5) is 49.8. The fourth-order valence-electron chi connectivity index (χ4n) is 3.33. The lowest BCUT2D eigenvalue weighted by Crippen LogP contribution is -2.43. The second kappa shape index (κ2) is 9.85. The first-order valence-corrected chi connectivity index (χ1v) is 9.13. The molecule has 2 rings (SSSR count). The monoisotopic (exact) mass is 374 g/mol. The molecular weight excluding hydrogens is 348 g/mol. The fraction of sp³-hybridized carbons (Fsp3) is 0.500. The number of amides is 2. The van der Waals surface area contributed by atoms with Gasteiger partial charge in [0, 0.05) is 26.3 Å². The first-order chi connectivity index (χ1) is 12.9. The van der Waals surface area contributed by atoms with Crippen LogP contribution in [0.15, 0.2) is 30.3 Å². The summed E-state index contributed by atoms with van der Waals surface area (Å²) in [6.07, 6.45) is 1.72. The molecule has 1 aromatic rings. The molecule has 27 heavy (non-hydrogen) atoms. The molecule has 0 aliphatic carbocycles. The van der Waals surface area contributed by atoms with Gasteiger partial charge < -0.3 is 15.0 Å². The molecule has 1 fully saturated rings. The Balaban J connectivity index is 1.95. The number of nitrogens with zero attached hydrogens (tertiary/aromatic N) is 1. The number of methoxy groups -OCH3 is 1. The van der Waals surface area contributed by atoms with Crippen LogP contribution in [0.4, 0.5) is 0 Å². The maximum Gasteiger partial charge on any atom is 0.328 e. The average Bonchev–Trinajstić information content (AvgIpc) is 3.15. The Morgan fingerprint density at radius 1 is 1.19 bits per heavy atom. The quantitative estimate of drug-likeness (QED) is 0.691. The second-order valence-electron chi connectivity index (χ2n) is 6.68. The van der Waals surface area contributed by atoms with Crippen LogP contribution in [0.5, 0.6) is 0 Å². The van der Waals surface area contributed by atoms with E-state index in [1.54, 1.807) is 0 Å². The van der Waals surface area contributed by atoms with Crippen LogP contribution < -0.4 is 5.32 Å². The zero-order valence-electron chi connectivity index (χ0n) is 15.8. The third-order valence-corrected chi connectivity index (χ3v) is 4.68. The molecule has 0 spiro atoms. The zero-order valence-corrected chi connectivity index (χ0v) is 15.8. The molecule has 1 aliphatic rings. The van der Waals surface area contributed by atoms with Crippen molar-refractivity contribution in [2.45, 2.75) is 51.1 Å². The summed E-state index contributed by atoms with van der Waals surface area (Å²) in [5.41, 5.74) is 0.932. The van der Waals surface area contributed by atoms with Crippen LogP contribution in [0.25, 0.3) is 0 Å². The number of Topliss-reactive ketones (excluding diaryl/α,β-unsaturated/α-hetero) is 1. The van der Waals surface area contributed by atoms with E-state index < -0.39 is 18.1 Å². The molecule has 0 saturated carbocycles. The minimum Gasteiger partial charge on any atom is -0.467 e. The number of ether oxygens (including phenoxy) is 1. The van der Waals surface area contributed by atoms with Crippen LogP contribution in [0.3, 0.4) is 0 Å². The number of rotatable bonds is 8. The maximum absolute atomic E-state index is 12.6. The van der Waals surface area contributed by atoms with Gasteiger partial charge in [0.1, 0.15) is 6.04 Å². The smallest absolute Gasteiger partial charge is 0.328 e. The molecule has 1 saturated heterocycles. The van der Waals surface area contributed by atoms with Gasteiger partial charge in [-0.2, -0.15) is 0 Å². The molecule has 1 unspecified atom stereocenters.